The number of cyclic esters (lactones) is 1. The molecule has 2 heterocycles. The molecule has 1 N–H and O–H groups in total. The monoisotopic (exact) mass is 288 g/mol. The Hall–Kier alpha value is -2.37. The van der Waals surface area contributed by atoms with Gasteiger partial charge in [-0.05, 0) is 12.0 Å². The molecule has 2 saturated heterocycles. The van der Waals surface area contributed by atoms with Crippen molar-refractivity contribution in [3.63, 3.8) is 0 Å². The molecule has 0 saturated carbocycles. The maximum absolute atomic E-state index is 12.6. The van der Waals surface area contributed by atoms with Gasteiger partial charge in [0.15, 0.2) is 0 Å². The van der Waals surface area contributed by atoms with Crippen LogP contribution in [0, 0.1) is 5.92 Å². The van der Waals surface area contributed by atoms with Crippen molar-refractivity contribution in [2.45, 2.75) is 18.9 Å². The molecule has 0 bridgehead atoms. The van der Waals surface area contributed by atoms with E-state index < -0.39 is 18.1 Å². The molecule has 0 radical (unpaired) electrons. The largest absolute Gasteiger partial charge is 0.447 e. The number of benzene rings is 1. The van der Waals surface area contributed by atoms with E-state index in [0.717, 1.165) is 10.5 Å². The Morgan fingerprint density at radius 3 is 2.67 bits per heavy atom. The highest BCUT2D eigenvalue weighted by Gasteiger charge is 2.40. The first-order valence-corrected chi connectivity index (χ1v) is 6.99. The van der Waals surface area contributed by atoms with Gasteiger partial charge in [0.25, 0.3) is 0 Å². The number of carbonyl (C=O) groups excluding carboxylic acids is 3. The maximum Gasteiger partial charge on any atom is 0.416 e. The van der Waals surface area contributed by atoms with Crippen LogP contribution in [0.4, 0.5) is 4.79 Å². The molecular formula is C15H16N2O4. The lowest BCUT2D eigenvalue weighted by Crippen LogP contribution is -2.47. The summed E-state index contributed by atoms with van der Waals surface area (Å²) < 4.78 is 4.82. The molecule has 110 valence electrons. The van der Waals surface area contributed by atoms with E-state index in [1.165, 1.54) is 0 Å². The van der Waals surface area contributed by atoms with Crippen LogP contribution in [-0.2, 0) is 14.3 Å². The minimum Gasteiger partial charge on any atom is -0.447 e. The maximum atomic E-state index is 12.6. The average molecular weight is 288 g/mol. The number of amides is 3. The first kappa shape index (κ1) is 13.6. The highest BCUT2D eigenvalue weighted by Crippen LogP contribution is 2.31. The van der Waals surface area contributed by atoms with E-state index in [2.05, 4.69) is 5.32 Å². The summed E-state index contributed by atoms with van der Waals surface area (Å²) in [6.45, 7) is 0.517. The van der Waals surface area contributed by atoms with E-state index in [9.17, 15) is 14.4 Å². The molecule has 21 heavy (non-hydrogen) atoms. The highest BCUT2D eigenvalue weighted by molar-refractivity contribution is 5.95. The van der Waals surface area contributed by atoms with Gasteiger partial charge in [-0.2, -0.15) is 0 Å². The summed E-state index contributed by atoms with van der Waals surface area (Å²) in [4.78, 5) is 36.9. The molecule has 0 spiro atoms. The van der Waals surface area contributed by atoms with Gasteiger partial charge < -0.3 is 10.1 Å². The molecule has 0 aromatic heterocycles. The van der Waals surface area contributed by atoms with Gasteiger partial charge in [0.1, 0.15) is 6.61 Å². The zero-order valence-electron chi connectivity index (χ0n) is 11.5. The normalized spacial score (nSPS) is 25.4. The summed E-state index contributed by atoms with van der Waals surface area (Å²) in [5.74, 6) is -0.779. The Labute approximate surface area is 122 Å². The number of hydrogen-bond acceptors (Lipinski definition) is 4. The molecule has 6 nitrogen and oxygen atoms in total. The SMILES string of the molecule is O=C1CC[C@@H](C(=O)N2CCOC2=O)[C@@H](c2ccccc2)N1. The summed E-state index contributed by atoms with van der Waals surface area (Å²) >= 11 is 0. The lowest BCUT2D eigenvalue weighted by atomic mass is 9.85. The van der Waals surface area contributed by atoms with Crippen molar-refractivity contribution in [3.8, 4) is 0 Å². The third kappa shape index (κ3) is 2.61. The van der Waals surface area contributed by atoms with Gasteiger partial charge in [-0.3, -0.25) is 9.59 Å². The number of piperidine rings is 1. The number of hydrogen-bond donors (Lipinski definition) is 1. The smallest absolute Gasteiger partial charge is 0.416 e. The summed E-state index contributed by atoms with van der Waals surface area (Å²) in [5, 5.41) is 2.86. The van der Waals surface area contributed by atoms with Crippen molar-refractivity contribution < 1.29 is 19.1 Å². The van der Waals surface area contributed by atoms with Crippen LogP contribution in [0.3, 0.4) is 0 Å². The van der Waals surface area contributed by atoms with E-state index in [1.54, 1.807) is 0 Å². The third-order valence-electron chi connectivity index (χ3n) is 3.90. The Kier molecular flexibility index (Phi) is 3.60. The molecule has 6 heteroatoms. The van der Waals surface area contributed by atoms with Gasteiger partial charge in [-0.15, -0.1) is 0 Å². The Balaban J connectivity index is 1.86. The molecule has 2 aliphatic heterocycles. The van der Waals surface area contributed by atoms with Gasteiger partial charge in [-0.1, -0.05) is 30.3 Å². The van der Waals surface area contributed by atoms with Crippen LogP contribution in [0.1, 0.15) is 24.4 Å². The summed E-state index contributed by atoms with van der Waals surface area (Å²) in [5.41, 5.74) is 0.872. The van der Waals surface area contributed by atoms with E-state index in [4.69, 9.17) is 4.74 Å². The summed E-state index contributed by atoms with van der Waals surface area (Å²) in [7, 11) is 0. The van der Waals surface area contributed by atoms with Gasteiger partial charge in [0, 0.05) is 6.42 Å². The van der Waals surface area contributed by atoms with Crippen LogP contribution < -0.4 is 5.32 Å². The van der Waals surface area contributed by atoms with Gasteiger partial charge in [-0.25, -0.2) is 9.69 Å². The van der Waals surface area contributed by atoms with Crippen LogP contribution >= 0.6 is 0 Å². The number of imide groups is 1. The minimum absolute atomic E-state index is 0.0723. The van der Waals surface area contributed by atoms with Crippen LogP contribution in [0.15, 0.2) is 30.3 Å². The first-order valence-electron chi connectivity index (χ1n) is 6.99. The second-order valence-corrected chi connectivity index (χ2v) is 5.21. The molecule has 2 aliphatic rings. The van der Waals surface area contributed by atoms with Crippen molar-refractivity contribution >= 4 is 17.9 Å². The van der Waals surface area contributed by atoms with Gasteiger partial charge >= 0.3 is 6.09 Å². The zero-order valence-corrected chi connectivity index (χ0v) is 11.5. The summed E-state index contributed by atoms with van der Waals surface area (Å²) in [6, 6.07) is 8.96. The van der Waals surface area contributed by atoms with Gasteiger partial charge in [0.2, 0.25) is 11.8 Å². The zero-order chi connectivity index (χ0) is 14.8. The standard InChI is InChI=1S/C15H16N2O4/c18-12-7-6-11(14(19)17-8-9-21-15(17)20)13(16-12)10-4-2-1-3-5-10/h1-5,11,13H,6-9H2,(H,16,18)/t11-,13-/m1/s1. The number of nitrogens with one attached hydrogen (secondary N) is 1. The van der Waals surface area contributed by atoms with Crippen molar-refractivity contribution in [2.75, 3.05) is 13.2 Å². The minimum atomic E-state index is -0.594. The fourth-order valence-electron chi connectivity index (χ4n) is 2.84. The lowest BCUT2D eigenvalue weighted by molar-refractivity contribution is -0.136. The highest BCUT2D eigenvalue weighted by atomic mass is 16.6. The quantitative estimate of drug-likeness (QED) is 0.888. The number of rotatable bonds is 2. The third-order valence-corrected chi connectivity index (χ3v) is 3.90. The molecule has 3 amide bonds. The molecule has 1 aromatic carbocycles. The average Bonchev–Trinajstić information content (AvgIpc) is 2.93. The van der Waals surface area contributed by atoms with Gasteiger partial charge in [0.05, 0.1) is 18.5 Å². The Morgan fingerprint density at radius 2 is 2.00 bits per heavy atom. The van der Waals surface area contributed by atoms with E-state index >= 15 is 0 Å². The van der Waals surface area contributed by atoms with Crippen molar-refractivity contribution in [2.24, 2.45) is 5.92 Å². The first-order chi connectivity index (χ1) is 10.2. The second-order valence-electron chi connectivity index (χ2n) is 5.21. The Bertz CT molecular complexity index is 572. The lowest BCUT2D eigenvalue weighted by Gasteiger charge is -2.33. The van der Waals surface area contributed by atoms with E-state index in [0.29, 0.717) is 12.8 Å². The molecular weight excluding hydrogens is 272 g/mol. The fraction of sp³-hybridized carbons (Fsp3) is 0.400. The predicted molar refractivity (Wildman–Crippen MR) is 73.1 cm³/mol. The Morgan fingerprint density at radius 1 is 1.24 bits per heavy atom. The molecule has 3 rings (SSSR count). The van der Waals surface area contributed by atoms with Crippen LogP contribution in [0.2, 0.25) is 0 Å². The van der Waals surface area contributed by atoms with Crippen molar-refractivity contribution in [1.29, 1.82) is 0 Å². The molecule has 0 unspecified atom stereocenters. The molecule has 2 atom stereocenters. The van der Waals surface area contributed by atoms with E-state index in [-0.39, 0.29) is 25.0 Å². The predicted octanol–water partition coefficient (Wildman–Crippen LogP) is 1.23. The summed E-state index contributed by atoms with van der Waals surface area (Å²) in [6.07, 6.45) is 0.139. The number of nitrogens with zero attached hydrogens (tertiary/aromatic N) is 1. The van der Waals surface area contributed by atoms with Crippen LogP contribution in [0.5, 0.6) is 0 Å². The topological polar surface area (TPSA) is 75.7 Å². The number of ether oxygens (including phenoxy) is 1. The van der Waals surface area contributed by atoms with Crippen molar-refractivity contribution in [1.82, 2.24) is 10.2 Å². The fourth-order valence-corrected chi connectivity index (χ4v) is 2.84. The molecule has 0 aliphatic carbocycles. The molecule has 2 fully saturated rings. The number of carbonyl (C=O) groups is 3. The molecule has 1 aromatic rings. The van der Waals surface area contributed by atoms with Crippen LogP contribution in [0.25, 0.3) is 0 Å². The van der Waals surface area contributed by atoms with E-state index in [1.807, 2.05) is 30.3 Å². The second kappa shape index (κ2) is 5.55. The van der Waals surface area contributed by atoms with Crippen LogP contribution in [-0.4, -0.2) is 36.0 Å². The van der Waals surface area contributed by atoms with Crippen molar-refractivity contribution in [3.05, 3.63) is 35.9 Å².